The number of likely N-dealkylation sites (tertiary alicyclic amines) is 1. The number of ether oxygens (including phenoxy) is 2. The summed E-state index contributed by atoms with van der Waals surface area (Å²) in [5.74, 6) is 1.08. The third kappa shape index (κ3) is 6.83. The van der Waals surface area contributed by atoms with E-state index >= 15 is 0 Å². The van der Waals surface area contributed by atoms with Crippen LogP contribution in [0.15, 0.2) is 53.1 Å². The second-order valence-corrected chi connectivity index (χ2v) is 7.64. The summed E-state index contributed by atoms with van der Waals surface area (Å²) in [6, 6.07) is 13.1. The van der Waals surface area contributed by atoms with Crippen molar-refractivity contribution in [3.8, 4) is 5.75 Å². The topological polar surface area (TPSA) is 80.8 Å². The number of aromatic nitrogens is 1. The summed E-state index contributed by atoms with van der Waals surface area (Å²) in [5.41, 5.74) is 0. The van der Waals surface area contributed by atoms with Crippen LogP contribution in [0.5, 0.6) is 5.75 Å². The van der Waals surface area contributed by atoms with Crippen molar-refractivity contribution in [1.82, 2.24) is 9.88 Å². The van der Waals surface area contributed by atoms with Crippen molar-refractivity contribution in [2.24, 2.45) is 5.92 Å². The minimum absolute atomic E-state index is 0.0256. The Morgan fingerprint density at radius 2 is 1.86 bits per heavy atom. The van der Waals surface area contributed by atoms with Gasteiger partial charge in [0.15, 0.2) is 0 Å². The van der Waals surface area contributed by atoms with Gasteiger partial charge in [0.05, 0.1) is 6.61 Å². The van der Waals surface area contributed by atoms with Gasteiger partial charge in [-0.15, -0.1) is 0 Å². The molecule has 1 aromatic carbocycles. The predicted octanol–water partition coefficient (Wildman–Crippen LogP) is 3.12. The molecule has 2 heterocycles. The van der Waals surface area contributed by atoms with Gasteiger partial charge in [-0.1, -0.05) is 18.2 Å². The molecule has 1 aliphatic rings. The number of hydrogen-bond donors (Lipinski definition) is 1. The molecule has 2 amide bonds. The van der Waals surface area contributed by atoms with E-state index in [1.165, 1.54) is 0 Å². The Hall–Kier alpha value is -2.45. The van der Waals surface area contributed by atoms with Crippen LogP contribution in [-0.2, 0) is 14.3 Å². The van der Waals surface area contributed by atoms with E-state index in [9.17, 15) is 9.59 Å². The van der Waals surface area contributed by atoms with Crippen LogP contribution in [0.2, 0.25) is 0 Å². The highest BCUT2D eigenvalue weighted by molar-refractivity contribution is 9.10. The first kappa shape index (κ1) is 21.3. The molecule has 0 bridgehead atoms. The molecule has 0 atom stereocenters. The first-order chi connectivity index (χ1) is 14.1. The van der Waals surface area contributed by atoms with Crippen molar-refractivity contribution >= 4 is 33.6 Å². The number of nitrogens with zero attached hydrogens (tertiary/aromatic N) is 2. The number of carbonyl (C=O) groups is 2. The molecule has 8 heteroatoms. The number of hydrogen-bond acceptors (Lipinski definition) is 5. The quantitative estimate of drug-likeness (QED) is 0.610. The summed E-state index contributed by atoms with van der Waals surface area (Å²) in [5, 5.41) is 2.83. The SMILES string of the molecule is O=C(Nc1ccc(Br)cn1)C1CCN(C(=O)COCCOc2ccccc2)CC1. The van der Waals surface area contributed by atoms with Gasteiger partial charge in [-0.3, -0.25) is 9.59 Å². The molecule has 0 saturated carbocycles. The first-order valence-electron chi connectivity index (χ1n) is 9.57. The Morgan fingerprint density at radius 3 is 2.55 bits per heavy atom. The second kappa shape index (κ2) is 10.9. The molecule has 0 spiro atoms. The van der Waals surface area contributed by atoms with Crippen molar-refractivity contribution in [3.05, 3.63) is 53.1 Å². The lowest BCUT2D eigenvalue weighted by Gasteiger charge is -2.31. The largest absolute Gasteiger partial charge is 0.491 e. The van der Waals surface area contributed by atoms with Crippen LogP contribution < -0.4 is 10.1 Å². The van der Waals surface area contributed by atoms with Crippen molar-refractivity contribution < 1.29 is 19.1 Å². The molecule has 1 fully saturated rings. The zero-order chi connectivity index (χ0) is 20.5. The summed E-state index contributed by atoms with van der Waals surface area (Å²) < 4.78 is 11.8. The van der Waals surface area contributed by atoms with Crippen LogP contribution in [0.4, 0.5) is 5.82 Å². The van der Waals surface area contributed by atoms with Crippen LogP contribution in [-0.4, -0.2) is 54.6 Å². The number of piperidine rings is 1. The summed E-state index contributed by atoms with van der Waals surface area (Å²) >= 11 is 3.32. The lowest BCUT2D eigenvalue weighted by atomic mass is 9.96. The summed E-state index contributed by atoms with van der Waals surface area (Å²) in [6.07, 6.45) is 2.90. The van der Waals surface area contributed by atoms with Crippen molar-refractivity contribution in [2.45, 2.75) is 12.8 Å². The molecule has 1 N–H and O–H groups in total. The van der Waals surface area contributed by atoms with Gasteiger partial charge in [0, 0.05) is 29.7 Å². The highest BCUT2D eigenvalue weighted by Gasteiger charge is 2.27. The second-order valence-electron chi connectivity index (χ2n) is 6.72. The van der Waals surface area contributed by atoms with Gasteiger partial charge in [-0.25, -0.2) is 4.98 Å². The van der Waals surface area contributed by atoms with Gasteiger partial charge in [0.25, 0.3) is 0 Å². The number of nitrogens with one attached hydrogen (secondary N) is 1. The maximum Gasteiger partial charge on any atom is 0.248 e. The Balaban J connectivity index is 1.31. The molecule has 0 aliphatic carbocycles. The predicted molar refractivity (Wildman–Crippen MR) is 113 cm³/mol. The molecule has 29 heavy (non-hydrogen) atoms. The van der Waals surface area contributed by atoms with E-state index in [4.69, 9.17) is 9.47 Å². The number of anilines is 1. The number of carbonyl (C=O) groups excluding carboxylic acids is 2. The fraction of sp³-hybridized carbons (Fsp3) is 0.381. The van der Waals surface area contributed by atoms with E-state index in [2.05, 4.69) is 26.2 Å². The Kier molecular flexibility index (Phi) is 8.01. The van der Waals surface area contributed by atoms with Gasteiger partial charge in [0.2, 0.25) is 11.8 Å². The zero-order valence-corrected chi connectivity index (χ0v) is 17.6. The Labute approximate surface area is 178 Å². The highest BCUT2D eigenvalue weighted by atomic mass is 79.9. The Bertz CT molecular complexity index is 793. The number of para-hydroxylation sites is 1. The van der Waals surface area contributed by atoms with Crippen LogP contribution in [0, 0.1) is 5.92 Å². The highest BCUT2D eigenvalue weighted by Crippen LogP contribution is 2.20. The fourth-order valence-corrected chi connectivity index (χ4v) is 3.29. The number of amides is 2. The average Bonchev–Trinajstić information content (AvgIpc) is 2.76. The minimum atomic E-state index is -0.121. The van der Waals surface area contributed by atoms with E-state index in [0.717, 1.165) is 10.2 Å². The normalized spacial score (nSPS) is 14.4. The van der Waals surface area contributed by atoms with Gasteiger partial charge in [-0.05, 0) is 53.0 Å². The molecule has 1 aromatic heterocycles. The lowest BCUT2D eigenvalue weighted by Crippen LogP contribution is -2.43. The zero-order valence-electron chi connectivity index (χ0n) is 16.1. The third-order valence-electron chi connectivity index (χ3n) is 4.66. The number of pyridine rings is 1. The maximum absolute atomic E-state index is 12.4. The first-order valence-corrected chi connectivity index (χ1v) is 10.4. The number of rotatable bonds is 8. The van der Waals surface area contributed by atoms with E-state index in [0.29, 0.717) is 45.0 Å². The van der Waals surface area contributed by atoms with Crippen LogP contribution >= 0.6 is 15.9 Å². The van der Waals surface area contributed by atoms with Gasteiger partial charge in [0.1, 0.15) is 24.8 Å². The molecule has 0 unspecified atom stereocenters. The number of halogens is 1. The molecule has 3 rings (SSSR count). The Morgan fingerprint density at radius 1 is 1.10 bits per heavy atom. The average molecular weight is 462 g/mol. The summed E-state index contributed by atoms with van der Waals surface area (Å²) in [6.45, 7) is 1.87. The summed E-state index contributed by atoms with van der Waals surface area (Å²) in [4.78, 5) is 30.6. The van der Waals surface area contributed by atoms with Gasteiger partial charge in [-0.2, -0.15) is 0 Å². The molecular formula is C21H24BrN3O4. The molecule has 1 aliphatic heterocycles. The van der Waals surface area contributed by atoms with E-state index in [1.807, 2.05) is 36.4 Å². The van der Waals surface area contributed by atoms with Crippen molar-refractivity contribution in [1.29, 1.82) is 0 Å². The minimum Gasteiger partial charge on any atom is -0.491 e. The maximum atomic E-state index is 12.4. The molecular weight excluding hydrogens is 438 g/mol. The summed E-state index contributed by atoms with van der Waals surface area (Å²) in [7, 11) is 0. The van der Waals surface area contributed by atoms with E-state index < -0.39 is 0 Å². The van der Waals surface area contributed by atoms with Crippen LogP contribution in [0.3, 0.4) is 0 Å². The molecule has 0 radical (unpaired) electrons. The molecule has 2 aromatic rings. The third-order valence-corrected chi connectivity index (χ3v) is 5.13. The van der Waals surface area contributed by atoms with Gasteiger partial charge >= 0.3 is 0 Å². The van der Waals surface area contributed by atoms with Crippen LogP contribution in [0.25, 0.3) is 0 Å². The smallest absolute Gasteiger partial charge is 0.248 e. The van der Waals surface area contributed by atoms with Crippen molar-refractivity contribution in [2.75, 3.05) is 38.2 Å². The van der Waals surface area contributed by atoms with Crippen LogP contribution in [0.1, 0.15) is 12.8 Å². The molecule has 7 nitrogen and oxygen atoms in total. The van der Waals surface area contributed by atoms with E-state index in [-0.39, 0.29) is 24.3 Å². The van der Waals surface area contributed by atoms with Gasteiger partial charge < -0.3 is 19.7 Å². The molecule has 154 valence electrons. The fourth-order valence-electron chi connectivity index (χ4n) is 3.06. The van der Waals surface area contributed by atoms with E-state index in [1.54, 1.807) is 17.2 Å². The number of benzene rings is 1. The lowest BCUT2D eigenvalue weighted by molar-refractivity contribution is -0.139. The monoisotopic (exact) mass is 461 g/mol. The standard InChI is InChI=1S/C21H24BrN3O4/c22-17-6-7-19(23-14-17)24-21(27)16-8-10-25(11-9-16)20(26)15-28-12-13-29-18-4-2-1-3-5-18/h1-7,14,16H,8-13,15H2,(H,23,24,27). The molecule has 1 saturated heterocycles. The van der Waals surface area contributed by atoms with Crippen molar-refractivity contribution in [3.63, 3.8) is 0 Å².